The summed E-state index contributed by atoms with van der Waals surface area (Å²) in [6.45, 7) is 5.90. The number of para-hydroxylation sites is 2. The second-order valence-electron chi connectivity index (χ2n) is 11.1. The number of halogens is 2. The minimum Gasteiger partial charge on any atom is -0.493 e. The molecule has 3 aromatic carbocycles. The third-order valence-electron chi connectivity index (χ3n) is 7.13. The minimum atomic E-state index is -0.629. The van der Waals surface area contributed by atoms with Crippen LogP contribution in [0.15, 0.2) is 84.0 Å². The first-order valence-corrected chi connectivity index (χ1v) is 15.2. The van der Waals surface area contributed by atoms with Crippen LogP contribution in [-0.2, 0) is 17.8 Å². The smallest absolute Gasteiger partial charge is 0.244 e. The van der Waals surface area contributed by atoms with Crippen molar-refractivity contribution < 1.29 is 18.7 Å². The van der Waals surface area contributed by atoms with E-state index in [0.29, 0.717) is 56.3 Å². The molecule has 4 rings (SSSR count). The predicted molar refractivity (Wildman–Crippen MR) is 180 cm³/mol. The summed E-state index contributed by atoms with van der Waals surface area (Å²) in [4.78, 5) is 17.3. The van der Waals surface area contributed by atoms with E-state index in [-0.39, 0.29) is 36.7 Å². The number of aromatic nitrogens is 3. The fourth-order valence-electron chi connectivity index (χ4n) is 4.69. The number of ether oxygens (including phenoxy) is 2. The highest BCUT2D eigenvalue weighted by Crippen LogP contribution is 2.36. The molecule has 1 heterocycles. The molecule has 0 aliphatic carbocycles. The first kappa shape index (κ1) is 35.8. The molecule has 0 bridgehead atoms. The van der Waals surface area contributed by atoms with E-state index < -0.39 is 6.04 Å². The Morgan fingerprint density at radius 3 is 2.26 bits per heavy atom. The predicted octanol–water partition coefficient (Wildman–Crippen LogP) is 5.46. The van der Waals surface area contributed by atoms with Crippen molar-refractivity contribution in [2.45, 2.75) is 52.2 Å². The molecular weight excluding hydrogens is 609 g/mol. The number of carbonyl (C=O) groups excluding carboxylic acids is 1. The first-order valence-electron chi connectivity index (χ1n) is 15.2. The van der Waals surface area contributed by atoms with E-state index in [0.717, 1.165) is 28.9 Å². The van der Waals surface area contributed by atoms with Gasteiger partial charge in [-0.3, -0.25) is 9.79 Å². The van der Waals surface area contributed by atoms with E-state index >= 15 is 0 Å². The maximum absolute atomic E-state index is 13.3. The molecule has 46 heavy (non-hydrogen) atoms. The van der Waals surface area contributed by atoms with Gasteiger partial charge in [0.15, 0.2) is 5.96 Å². The molecule has 4 aromatic rings. The summed E-state index contributed by atoms with van der Waals surface area (Å²) in [6.07, 6.45) is 4.25. The number of guanidine groups is 1. The van der Waals surface area contributed by atoms with Crippen LogP contribution in [0.3, 0.4) is 0 Å². The minimum absolute atomic E-state index is 0. The number of nitrogens with two attached hydrogens (primary N) is 2. The highest BCUT2D eigenvalue weighted by Gasteiger charge is 2.22. The SMILES string of the molecule is CC(C)CCOc1ccccc1-c1ccccc1OCc1cn([C@H](CCCN=C(N)N)C(=O)NCCc2ccc(F)cc2)nn1.Cl. The van der Waals surface area contributed by atoms with E-state index in [4.69, 9.17) is 20.9 Å². The average Bonchev–Trinajstić information content (AvgIpc) is 3.49. The average molecular weight is 652 g/mol. The third-order valence-corrected chi connectivity index (χ3v) is 7.13. The molecule has 0 aliphatic heterocycles. The maximum atomic E-state index is 13.3. The van der Waals surface area contributed by atoms with Gasteiger partial charge in [-0.05, 0) is 61.4 Å². The van der Waals surface area contributed by atoms with Crippen molar-refractivity contribution in [2.75, 3.05) is 19.7 Å². The van der Waals surface area contributed by atoms with Crippen LogP contribution < -0.4 is 26.3 Å². The zero-order chi connectivity index (χ0) is 32.0. The van der Waals surface area contributed by atoms with Crippen molar-refractivity contribution >= 4 is 24.3 Å². The van der Waals surface area contributed by atoms with E-state index in [1.807, 2.05) is 48.5 Å². The number of aliphatic imine (C=N–C) groups is 1. The lowest BCUT2D eigenvalue weighted by Gasteiger charge is -2.17. The van der Waals surface area contributed by atoms with Gasteiger partial charge in [0.2, 0.25) is 5.91 Å². The molecule has 0 saturated carbocycles. The summed E-state index contributed by atoms with van der Waals surface area (Å²) in [5.41, 5.74) is 14.3. The van der Waals surface area contributed by atoms with E-state index in [9.17, 15) is 9.18 Å². The number of hydrogen-bond acceptors (Lipinski definition) is 6. The number of rotatable bonds is 17. The molecule has 0 unspecified atom stereocenters. The van der Waals surface area contributed by atoms with E-state index in [2.05, 4.69) is 34.5 Å². The normalized spacial score (nSPS) is 11.4. The molecule has 246 valence electrons. The quantitative estimate of drug-likeness (QED) is 0.0781. The Morgan fingerprint density at radius 1 is 0.957 bits per heavy atom. The van der Waals surface area contributed by atoms with Gasteiger partial charge in [0.25, 0.3) is 0 Å². The Bertz CT molecular complexity index is 1540. The van der Waals surface area contributed by atoms with Crippen molar-refractivity contribution in [3.63, 3.8) is 0 Å². The second-order valence-corrected chi connectivity index (χ2v) is 11.1. The Hall–Kier alpha value is -4.64. The van der Waals surface area contributed by atoms with Crippen LogP contribution >= 0.6 is 12.4 Å². The molecule has 0 saturated heterocycles. The molecule has 1 amide bonds. The van der Waals surface area contributed by atoms with Crippen LogP contribution in [-0.4, -0.2) is 46.6 Å². The second kappa shape index (κ2) is 18.4. The van der Waals surface area contributed by atoms with Crippen molar-refractivity contribution in [3.05, 3.63) is 96.1 Å². The Labute approximate surface area is 275 Å². The fourth-order valence-corrected chi connectivity index (χ4v) is 4.69. The molecule has 1 atom stereocenters. The molecule has 0 aliphatic rings. The largest absolute Gasteiger partial charge is 0.493 e. The van der Waals surface area contributed by atoms with Crippen molar-refractivity contribution in [2.24, 2.45) is 22.4 Å². The van der Waals surface area contributed by atoms with Gasteiger partial charge in [0.1, 0.15) is 35.7 Å². The zero-order valence-corrected chi connectivity index (χ0v) is 27.1. The van der Waals surface area contributed by atoms with Gasteiger partial charge >= 0.3 is 0 Å². The molecule has 0 fully saturated rings. The number of carbonyl (C=O) groups is 1. The molecule has 1 aromatic heterocycles. The van der Waals surface area contributed by atoms with Crippen LogP contribution in [0.2, 0.25) is 0 Å². The molecular formula is C34H43ClFN7O3. The summed E-state index contributed by atoms with van der Waals surface area (Å²) in [5.74, 6) is 1.52. The fraction of sp³-hybridized carbons (Fsp3) is 0.353. The van der Waals surface area contributed by atoms with Gasteiger partial charge in [0, 0.05) is 24.2 Å². The van der Waals surface area contributed by atoms with Crippen molar-refractivity contribution in [3.8, 4) is 22.6 Å². The van der Waals surface area contributed by atoms with Crippen LogP contribution in [0.5, 0.6) is 11.5 Å². The lowest BCUT2D eigenvalue weighted by Crippen LogP contribution is -2.34. The molecule has 5 N–H and O–H groups in total. The molecule has 10 nitrogen and oxygen atoms in total. The lowest BCUT2D eigenvalue weighted by atomic mass is 10.0. The molecule has 12 heteroatoms. The van der Waals surface area contributed by atoms with Gasteiger partial charge in [-0.15, -0.1) is 17.5 Å². The number of hydrogen-bond donors (Lipinski definition) is 3. The number of benzene rings is 3. The summed E-state index contributed by atoms with van der Waals surface area (Å²) < 4.78 is 27.1. The molecule has 0 radical (unpaired) electrons. The van der Waals surface area contributed by atoms with Gasteiger partial charge in [-0.1, -0.05) is 67.6 Å². The standard InChI is InChI=1S/C34H42FN7O3.ClH/c1-24(2)18-21-44-31-11-5-3-8-28(31)29-9-4-6-12-32(29)45-23-27-22-42(41-40-27)30(10-7-19-39-34(36)37)33(43)38-20-17-25-13-15-26(35)16-14-25;/h3-6,8-9,11-16,22,24,30H,7,10,17-21,23H2,1-2H3,(H,38,43)(H4,36,37,39);1H/t30-;/m1./s1. The monoisotopic (exact) mass is 651 g/mol. The summed E-state index contributed by atoms with van der Waals surface area (Å²) in [6, 6.07) is 21.3. The van der Waals surface area contributed by atoms with Crippen molar-refractivity contribution in [1.29, 1.82) is 0 Å². The van der Waals surface area contributed by atoms with Gasteiger partial charge in [-0.2, -0.15) is 0 Å². The van der Waals surface area contributed by atoms with Crippen molar-refractivity contribution in [1.82, 2.24) is 20.3 Å². The van der Waals surface area contributed by atoms with Crippen LogP contribution in [0.1, 0.15) is 50.4 Å². The zero-order valence-electron chi connectivity index (χ0n) is 26.3. The van der Waals surface area contributed by atoms with Gasteiger partial charge < -0.3 is 26.3 Å². The summed E-state index contributed by atoms with van der Waals surface area (Å²) in [5, 5.41) is 11.5. The van der Waals surface area contributed by atoms with E-state index in [1.165, 1.54) is 12.1 Å². The maximum Gasteiger partial charge on any atom is 0.244 e. The number of nitrogens with zero attached hydrogens (tertiary/aromatic N) is 4. The van der Waals surface area contributed by atoms with Gasteiger partial charge in [-0.25, -0.2) is 9.07 Å². The van der Waals surface area contributed by atoms with Gasteiger partial charge in [0.05, 0.1) is 12.8 Å². The molecule has 0 spiro atoms. The number of nitrogens with one attached hydrogen (secondary N) is 1. The lowest BCUT2D eigenvalue weighted by molar-refractivity contribution is -0.124. The van der Waals surface area contributed by atoms with Crippen LogP contribution in [0.25, 0.3) is 11.1 Å². The highest BCUT2D eigenvalue weighted by molar-refractivity contribution is 5.85. The Morgan fingerprint density at radius 2 is 1.61 bits per heavy atom. The third kappa shape index (κ3) is 11.1. The summed E-state index contributed by atoms with van der Waals surface area (Å²) in [7, 11) is 0. The first-order chi connectivity index (χ1) is 21.8. The summed E-state index contributed by atoms with van der Waals surface area (Å²) >= 11 is 0. The Balaban J connectivity index is 0.00000576. The topological polar surface area (TPSA) is 143 Å². The van der Waals surface area contributed by atoms with Crippen LogP contribution in [0.4, 0.5) is 4.39 Å². The highest BCUT2D eigenvalue weighted by atomic mass is 35.5. The van der Waals surface area contributed by atoms with Crippen LogP contribution in [0, 0.1) is 11.7 Å². The van der Waals surface area contributed by atoms with E-state index in [1.54, 1.807) is 23.0 Å². The Kier molecular flexibility index (Phi) is 14.3. The number of amides is 1.